The van der Waals surface area contributed by atoms with Crippen LogP contribution in [0.25, 0.3) is 0 Å². The first-order chi connectivity index (χ1) is 6.66. The smallest absolute Gasteiger partial charge is 0.0934 e. The molecule has 0 heterocycles. The summed E-state index contributed by atoms with van der Waals surface area (Å²) in [5.41, 5.74) is 5.60. The second-order valence-corrected chi connectivity index (χ2v) is 4.32. The van der Waals surface area contributed by atoms with Gasteiger partial charge in [-0.25, -0.2) is 0 Å². The Morgan fingerprint density at radius 3 is 2.36 bits per heavy atom. The molecule has 0 unspecified atom stereocenters. The second-order valence-electron chi connectivity index (χ2n) is 4.32. The van der Waals surface area contributed by atoms with E-state index in [1.807, 2.05) is 6.92 Å². The van der Waals surface area contributed by atoms with Gasteiger partial charge in [0.15, 0.2) is 0 Å². The molecular weight excluding hydrogens is 172 g/mol. The number of unbranched alkanes of at least 4 members (excludes halogenated alkanes) is 3. The molecule has 0 radical (unpaired) electrons. The van der Waals surface area contributed by atoms with Crippen molar-refractivity contribution < 1.29 is 0 Å². The number of rotatable bonds is 8. The van der Waals surface area contributed by atoms with Crippen molar-refractivity contribution in [2.75, 3.05) is 6.54 Å². The van der Waals surface area contributed by atoms with E-state index in [4.69, 9.17) is 5.73 Å². The third-order valence-corrected chi connectivity index (χ3v) is 2.37. The van der Waals surface area contributed by atoms with Crippen LogP contribution in [-0.4, -0.2) is 12.4 Å². The lowest BCUT2D eigenvalue weighted by Crippen LogP contribution is -2.10. The number of aliphatic imine (C=N–C) groups is 1. The number of hydrogen-bond donors (Lipinski definition) is 1. The largest absolute Gasteiger partial charge is 0.387 e. The standard InChI is InChI=1S/C12H26N2/c1-4-12(13)14-10-8-6-5-7-9-11(2)3/h11H,4-10H2,1-3H3,(H2,13,14). The van der Waals surface area contributed by atoms with Gasteiger partial charge in [0.2, 0.25) is 0 Å². The second kappa shape index (κ2) is 9.04. The molecule has 0 saturated carbocycles. The lowest BCUT2D eigenvalue weighted by atomic mass is 10.0. The van der Waals surface area contributed by atoms with Crippen LogP contribution in [-0.2, 0) is 0 Å². The van der Waals surface area contributed by atoms with Crippen molar-refractivity contribution in [1.29, 1.82) is 0 Å². The summed E-state index contributed by atoms with van der Waals surface area (Å²) < 4.78 is 0. The van der Waals surface area contributed by atoms with Gasteiger partial charge in [-0.3, -0.25) is 4.99 Å². The fourth-order valence-corrected chi connectivity index (χ4v) is 1.35. The molecule has 0 aromatic carbocycles. The summed E-state index contributed by atoms with van der Waals surface area (Å²) in [6.45, 7) is 7.53. The van der Waals surface area contributed by atoms with E-state index in [0.717, 1.165) is 24.7 Å². The van der Waals surface area contributed by atoms with Crippen molar-refractivity contribution in [2.24, 2.45) is 16.6 Å². The van der Waals surface area contributed by atoms with Gasteiger partial charge in [0.1, 0.15) is 0 Å². The molecule has 84 valence electrons. The van der Waals surface area contributed by atoms with E-state index in [9.17, 15) is 0 Å². The summed E-state index contributed by atoms with van der Waals surface area (Å²) in [5.74, 6) is 1.65. The monoisotopic (exact) mass is 198 g/mol. The van der Waals surface area contributed by atoms with E-state index < -0.39 is 0 Å². The van der Waals surface area contributed by atoms with Gasteiger partial charge < -0.3 is 5.73 Å². The quantitative estimate of drug-likeness (QED) is 0.362. The minimum absolute atomic E-state index is 0.798. The number of amidine groups is 1. The number of nitrogens with zero attached hydrogens (tertiary/aromatic N) is 1. The molecule has 14 heavy (non-hydrogen) atoms. The molecule has 0 aromatic heterocycles. The zero-order chi connectivity index (χ0) is 10.8. The van der Waals surface area contributed by atoms with Crippen LogP contribution in [0.1, 0.15) is 59.3 Å². The Balaban J connectivity index is 3.14. The van der Waals surface area contributed by atoms with Crippen LogP contribution in [0.5, 0.6) is 0 Å². The average Bonchev–Trinajstić information content (AvgIpc) is 2.15. The minimum atomic E-state index is 0.798. The highest BCUT2D eigenvalue weighted by Gasteiger charge is 1.94. The van der Waals surface area contributed by atoms with Crippen LogP contribution >= 0.6 is 0 Å². The zero-order valence-electron chi connectivity index (χ0n) is 10.1. The fourth-order valence-electron chi connectivity index (χ4n) is 1.35. The van der Waals surface area contributed by atoms with Crippen LogP contribution in [0.4, 0.5) is 0 Å². The molecule has 0 bridgehead atoms. The van der Waals surface area contributed by atoms with Gasteiger partial charge in [0.25, 0.3) is 0 Å². The van der Waals surface area contributed by atoms with E-state index in [2.05, 4.69) is 18.8 Å². The van der Waals surface area contributed by atoms with Gasteiger partial charge in [-0.1, -0.05) is 46.5 Å². The third kappa shape index (κ3) is 9.56. The van der Waals surface area contributed by atoms with E-state index in [1.54, 1.807) is 0 Å². The molecule has 0 spiro atoms. The Bertz CT molecular complexity index is 150. The highest BCUT2D eigenvalue weighted by Crippen LogP contribution is 2.09. The summed E-state index contributed by atoms with van der Waals surface area (Å²) >= 11 is 0. The lowest BCUT2D eigenvalue weighted by molar-refractivity contribution is 0.521. The van der Waals surface area contributed by atoms with E-state index in [0.29, 0.717) is 0 Å². The van der Waals surface area contributed by atoms with Crippen LogP contribution in [0.15, 0.2) is 4.99 Å². The van der Waals surface area contributed by atoms with Crippen molar-refractivity contribution in [2.45, 2.75) is 59.3 Å². The number of nitrogens with two attached hydrogens (primary N) is 1. The van der Waals surface area contributed by atoms with Crippen LogP contribution in [0.3, 0.4) is 0 Å². The van der Waals surface area contributed by atoms with Crippen LogP contribution < -0.4 is 5.73 Å². The van der Waals surface area contributed by atoms with Gasteiger partial charge in [-0.15, -0.1) is 0 Å². The molecule has 0 fully saturated rings. The Kier molecular flexibility index (Phi) is 8.70. The molecule has 0 saturated heterocycles. The van der Waals surface area contributed by atoms with Crippen molar-refractivity contribution in [3.63, 3.8) is 0 Å². The molecule has 2 nitrogen and oxygen atoms in total. The average molecular weight is 198 g/mol. The minimum Gasteiger partial charge on any atom is -0.387 e. The summed E-state index contributed by atoms with van der Waals surface area (Å²) in [6, 6.07) is 0. The first-order valence-corrected chi connectivity index (χ1v) is 5.95. The molecule has 2 heteroatoms. The van der Waals surface area contributed by atoms with Gasteiger partial charge in [0.05, 0.1) is 5.84 Å². The maximum atomic E-state index is 5.60. The van der Waals surface area contributed by atoms with Crippen LogP contribution in [0.2, 0.25) is 0 Å². The molecule has 2 N–H and O–H groups in total. The van der Waals surface area contributed by atoms with E-state index in [1.165, 1.54) is 32.1 Å². The van der Waals surface area contributed by atoms with E-state index >= 15 is 0 Å². The molecule has 0 atom stereocenters. The van der Waals surface area contributed by atoms with Crippen molar-refractivity contribution >= 4 is 5.84 Å². The highest BCUT2D eigenvalue weighted by molar-refractivity contribution is 5.79. The molecule has 0 aliphatic carbocycles. The molecule has 0 aromatic rings. The van der Waals surface area contributed by atoms with Gasteiger partial charge in [-0.05, 0) is 12.3 Å². The molecule has 0 rings (SSSR count). The summed E-state index contributed by atoms with van der Waals surface area (Å²) in [4.78, 5) is 4.27. The third-order valence-electron chi connectivity index (χ3n) is 2.37. The topological polar surface area (TPSA) is 38.4 Å². The Morgan fingerprint density at radius 2 is 1.79 bits per heavy atom. The summed E-state index contributed by atoms with van der Waals surface area (Å²) in [7, 11) is 0. The Hall–Kier alpha value is -0.530. The molecule has 0 amide bonds. The van der Waals surface area contributed by atoms with Gasteiger partial charge in [0, 0.05) is 13.0 Å². The summed E-state index contributed by atoms with van der Waals surface area (Å²) in [5, 5.41) is 0. The Labute approximate surface area is 89.0 Å². The Morgan fingerprint density at radius 1 is 1.14 bits per heavy atom. The first-order valence-electron chi connectivity index (χ1n) is 5.95. The van der Waals surface area contributed by atoms with Crippen molar-refractivity contribution in [3.8, 4) is 0 Å². The first kappa shape index (κ1) is 13.5. The lowest BCUT2D eigenvalue weighted by Gasteiger charge is -2.03. The molecular formula is C12H26N2. The van der Waals surface area contributed by atoms with Gasteiger partial charge in [-0.2, -0.15) is 0 Å². The normalized spacial score (nSPS) is 12.4. The SMILES string of the molecule is CCC(N)=NCCCCCCC(C)C. The maximum absolute atomic E-state index is 5.60. The van der Waals surface area contributed by atoms with Crippen molar-refractivity contribution in [3.05, 3.63) is 0 Å². The van der Waals surface area contributed by atoms with E-state index in [-0.39, 0.29) is 0 Å². The predicted octanol–water partition coefficient (Wildman–Crippen LogP) is 3.36. The highest BCUT2D eigenvalue weighted by atomic mass is 14.8. The maximum Gasteiger partial charge on any atom is 0.0934 e. The van der Waals surface area contributed by atoms with Crippen molar-refractivity contribution in [1.82, 2.24) is 0 Å². The van der Waals surface area contributed by atoms with Crippen LogP contribution in [0, 0.1) is 5.92 Å². The van der Waals surface area contributed by atoms with Gasteiger partial charge >= 0.3 is 0 Å². The predicted molar refractivity (Wildman–Crippen MR) is 64.7 cm³/mol. The fraction of sp³-hybridized carbons (Fsp3) is 0.917. The molecule has 0 aliphatic rings. The zero-order valence-corrected chi connectivity index (χ0v) is 10.1. The summed E-state index contributed by atoms with van der Waals surface area (Å²) in [6.07, 6.45) is 7.45. The number of hydrogen-bond acceptors (Lipinski definition) is 1. The molecule has 0 aliphatic heterocycles.